The average molecular weight is 423 g/mol. The maximum atomic E-state index is 12.3. The molecule has 2 rings (SSSR count). The van der Waals surface area contributed by atoms with E-state index < -0.39 is 5.97 Å². The molecule has 0 aliphatic rings. The second kappa shape index (κ2) is 9.24. The van der Waals surface area contributed by atoms with E-state index in [0.717, 1.165) is 10.0 Å². The maximum Gasteiger partial charge on any atom is 0.310 e. The summed E-state index contributed by atoms with van der Waals surface area (Å²) in [4.78, 5) is 24.3. The minimum atomic E-state index is -0.479. The summed E-state index contributed by atoms with van der Waals surface area (Å²) in [5.41, 5.74) is 1.11. The fourth-order valence-electron chi connectivity index (χ4n) is 2.29. The number of carbonyl (C=O) groups is 2. The molecule has 0 aromatic heterocycles. The van der Waals surface area contributed by atoms with E-state index in [1.807, 2.05) is 24.3 Å². The topological polar surface area (TPSA) is 71.1 Å². The SMILES string of the molecule is COc1cc(C(=O)COC(=O)Cc2ccc(Br)cc2)cc(OC)c1OC. The minimum Gasteiger partial charge on any atom is -0.493 e. The number of Topliss-reactive ketones (excluding diaryl/α,β-unsaturated/α-hetero) is 1. The number of halogens is 1. The van der Waals surface area contributed by atoms with Gasteiger partial charge in [0.05, 0.1) is 27.8 Å². The van der Waals surface area contributed by atoms with Gasteiger partial charge < -0.3 is 18.9 Å². The molecule has 6 nitrogen and oxygen atoms in total. The van der Waals surface area contributed by atoms with Crippen LogP contribution in [0.2, 0.25) is 0 Å². The third-order valence-corrected chi connectivity index (χ3v) is 4.14. The van der Waals surface area contributed by atoms with Crippen LogP contribution in [0.3, 0.4) is 0 Å². The van der Waals surface area contributed by atoms with Crippen LogP contribution in [-0.4, -0.2) is 39.7 Å². The number of esters is 1. The minimum absolute atomic E-state index is 0.0931. The van der Waals surface area contributed by atoms with Gasteiger partial charge in [-0.2, -0.15) is 0 Å². The third-order valence-electron chi connectivity index (χ3n) is 3.61. The van der Waals surface area contributed by atoms with Crippen LogP contribution in [0, 0.1) is 0 Å². The number of hydrogen-bond donors (Lipinski definition) is 0. The molecule has 0 fully saturated rings. The summed E-state index contributed by atoms with van der Waals surface area (Å²) < 4.78 is 21.7. The van der Waals surface area contributed by atoms with Crippen molar-refractivity contribution in [3.8, 4) is 17.2 Å². The van der Waals surface area contributed by atoms with Gasteiger partial charge in [0.2, 0.25) is 11.5 Å². The summed E-state index contributed by atoms with van der Waals surface area (Å²) in [6.07, 6.45) is 0.0931. The van der Waals surface area contributed by atoms with E-state index in [2.05, 4.69) is 15.9 Å². The van der Waals surface area contributed by atoms with E-state index in [1.54, 1.807) is 0 Å². The van der Waals surface area contributed by atoms with Crippen LogP contribution in [0.5, 0.6) is 17.2 Å². The van der Waals surface area contributed by atoms with Gasteiger partial charge in [0.1, 0.15) is 0 Å². The molecule has 138 valence electrons. The highest BCUT2D eigenvalue weighted by Gasteiger charge is 2.18. The van der Waals surface area contributed by atoms with Crippen molar-refractivity contribution in [1.29, 1.82) is 0 Å². The predicted octanol–water partition coefficient (Wildman–Crippen LogP) is 3.44. The Labute approximate surface area is 160 Å². The fourth-order valence-corrected chi connectivity index (χ4v) is 2.56. The van der Waals surface area contributed by atoms with Crippen LogP contribution in [0.25, 0.3) is 0 Å². The van der Waals surface area contributed by atoms with Gasteiger partial charge in [0, 0.05) is 10.0 Å². The first-order chi connectivity index (χ1) is 12.5. The molecule has 0 atom stereocenters. The predicted molar refractivity (Wildman–Crippen MR) is 99.2 cm³/mol. The molecule has 0 N–H and O–H groups in total. The first-order valence-corrected chi connectivity index (χ1v) is 8.51. The summed E-state index contributed by atoms with van der Waals surface area (Å²) in [6.45, 7) is -0.367. The van der Waals surface area contributed by atoms with Crippen LogP contribution in [0.15, 0.2) is 40.9 Å². The third kappa shape index (κ3) is 4.98. The molecular formula is C19H19BrO6. The van der Waals surface area contributed by atoms with Crippen molar-refractivity contribution in [1.82, 2.24) is 0 Å². The number of benzene rings is 2. The summed E-state index contributed by atoms with van der Waals surface area (Å²) >= 11 is 3.33. The lowest BCUT2D eigenvalue weighted by molar-refractivity contribution is -0.141. The lowest BCUT2D eigenvalue weighted by Gasteiger charge is -2.13. The number of ether oxygens (including phenoxy) is 4. The Balaban J connectivity index is 2.03. The highest BCUT2D eigenvalue weighted by Crippen LogP contribution is 2.38. The number of methoxy groups -OCH3 is 3. The van der Waals surface area contributed by atoms with E-state index in [4.69, 9.17) is 18.9 Å². The molecule has 2 aromatic rings. The van der Waals surface area contributed by atoms with Gasteiger partial charge in [-0.15, -0.1) is 0 Å². The van der Waals surface area contributed by atoms with Crippen molar-refractivity contribution in [2.45, 2.75) is 6.42 Å². The average Bonchev–Trinajstić information content (AvgIpc) is 2.66. The number of hydrogen-bond acceptors (Lipinski definition) is 6. The zero-order chi connectivity index (χ0) is 19.1. The van der Waals surface area contributed by atoms with Gasteiger partial charge in [-0.3, -0.25) is 9.59 Å². The Bertz CT molecular complexity index is 760. The highest BCUT2D eigenvalue weighted by molar-refractivity contribution is 9.10. The normalized spacial score (nSPS) is 10.2. The van der Waals surface area contributed by atoms with Crippen LogP contribution in [0.4, 0.5) is 0 Å². The molecule has 0 amide bonds. The van der Waals surface area contributed by atoms with Crippen molar-refractivity contribution < 1.29 is 28.5 Å². The van der Waals surface area contributed by atoms with Crippen molar-refractivity contribution >= 4 is 27.7 Å². The summed E-state index contributed by atoms with van der Waals surface area (Å²) in [6, 6.07) is 10.3. The summed E-state index contributed by atoms with van der Waals surface area (Å²) in [5, 5.41) is 0. The van der Waals surface area contributed by atoms with Crippen LogP contribution < -0.4 is 14.2 Å². The summed E-state index contributed by atoms with van der Waals surface area (Å²) in [7, 11) is 4.40. The van der Waals surface area contributed by atoms with Crippen LogP contribution in [-0.2, 0) is 16.0 Å². The van der Waals surface area contributed by atoms with E-state index >= 15 is 0 Å². The van der Waals surface area contributed by atoms with E-state index in [1.165, 1.54) is 33.5 Å². The van der Waals surface area contributed by atoms with Gasteiger partial charge in [-0.05, 0) is 29.8 Å². The molecule has 0 aliphatic carbocycles. The molecule has 0 aliphatic heterocycles. The van der Waals surface area contributed by atoms with Crippen LogP contribution in [0.1, 0.15) is 15.9 Å². The Kier molecular flexibility index (Phi) is 7.03. The first-order valence-electron chi connectivity index (χ1n) is 7.71. The Morgan fingerprint density at radius 1 is 0.923 bits per heavy atom. The second-order valence-corrected chi connectivity index (χ2v) is 6.22. The lowest BCUT2D eigenvalue weighted by atomic mass is 10.1. The number of rotatable bonds is 8. The molecule has 0 saturated heterocycles. The molecule has 0 heterocycles. The van der Waals surface area contributed by atoms with Gasteiger partial charge >= 0.3 is 5.97 Å². The molecule has 0 spiro atoms. The first kappa shape index (κ1) is 19.8. The molecule has 0 unspecified atom stereocenters. The molecule has 0 saturated carbocycles. The number of ketones is 1. The zero-order valence-electron chi connectivity index (χ0n) is 14.7. The van der Waals surface area contributed by atoms with Crippen LogP contribution >= 0.6 is 15.9 Å². The monoisotopic (exact) mass is 422 g/mol. The Hall–Kier alpha value is -2.54. The Morgan fingerprint density at radius 2 is 1.50 bits per heavy atom. The van der Waals surface area contributed by atoms with Crippen molar-refractivity contribution in [3.63, 3.8) is 0 Å². The zero-order valence-corrected chi connectivity index (χ0v) is 16.3. The lowest BCUT2D eigenvalue weighted by Crippen LogP contribution is -2.16. The van der Waals surface area contributed by atoms with E-state index in [-0.39, 0.29) is 18.8 Å². The molecule has 2 aromatic carbocycles. The molecule has 0 radical (unpaired) electrons. The van der Waals surface area contributed by atoms with Gasteiger partial charge in [0.15, 0.2) is 18.1 Å². The van der Waals surface area contributed by atoms with Crippen molar-refractivity contribution in [2.75, 3.05) is 27.9 Å². The molecular weight excluding hydrogens is 404 g/mol. The largest absolute Gasteiger partial charge is 0.493 e. The molecule has 26 heavy (non-hydrogen) atoms. The van der Waals surface area contributed by atoms with Crippen molar-refractivity contribution in [3.05, 3.63) is 52.0 Å². The van der Waals surface area contributed by atoms with Gasteiger partial charge in [0.25, 0.3) is 0 Å². The fraction of sp³-hybridized carbons (Fsp3) is 0.263. The highest BCUT2D eigenvalue weighted by atomic mass is 79.9. The molecule has 7 heteroatoms. The Morgan fingerprint density at radius 3 is 2.00 bits per heavy atom. The van der Waals surface area contributed by atoms with Gasteiger partial charge in [-0.1, -0.05) is 28.1 Å². The molecule has 0 bridgehead atoms. The summed E-state index contributed by atoms with van der Waals surface area (Å²) in [5.74, 6) is 0.257. The smallest absolute Gasteiger partial charge is 0.310 e. The maximum absolute atomic E-state index is 12.3. The van der Waals surface area contributed by atoms with E-state index in [9.17, 15) is 9.59 Å². The quantitative estimate of drug-likeness (QED) is 0.479. The van der Waals surface area contributed by atoms with Gasteiger partial charge in [-0.25, -0.2) is 0 Å². The van der Waals surface area contributed by atoms with Crippen molar-refractivity contribution in [2.24, 2.45) is 0 Å². The second-order valence-electron chi connectivity index (χ2n) is 5.30. The number of carbonyl (C=O) groups excluding carboxylic acids is 2. The standard InChI is InChI=1S/C19H19BrO6/c1-23-16-9-13(10-17(24-2)19(16)25-3)15(21)11-26-18(22)8-12-4-6-14(20)7-5-12/h4-7,9-10H,8,11H2,1-3H3. The van der Waals surface area contributed by atoms with E-state index in [0.29, 0.717) is 22.8 Å².